The van der Waals surface area contributed by atoms with Crippen molar-refractivity contribution in [1.82, 2.24) is 97.6 Å². The van der Waals surface area contributed by atoms with Crippen molar-refractivity contribution in [3.05, 3.63) is 111 Å². The van der Waals surface area contributed by atoms with E-state index in [1.165, 1.54) is 66.3 Å². The van der Waals surface area contributed by atoms with Crippen LogP contribution in [0.1, 0.15) is 43.8 Å². The molecule has 9 aliphatic heterocycles. The molecule has 0 saturated carbocycles. The van der Waals surface area contributed by atoms with Crippen LogP contribution in [-0.2, 0) is 146 Å². The van der Waals surface area contributed by atoms with Gasteiger partial charge in [0.1, 0.15) is 84.0 Å². The first-order chi connectivity index (χ1) is 63.5. The molecule has 720 valence electrons. The van der Waals surface area contributed by atoms with E-state index in [4.69, 9.17) is 176 Å². The fourth-order valence-electron chi connectivity index (χ4n) is 16.1. The predicted octanol–water partition coefficient (Wildman–Crippen LogP) is 2.83. The lowest BCUT2D eigenvalue weighted by Crippen LogP contribution is -2.34. The van der Waals surface area contributed by atoms with Gasteiger partial charge in [0, 0.05) is 59.6 Å². The van der Waals surface area contributed by atoms with Crippen LogP contribution in [0.3, 0.4) is 0 Å². The Morgan fingerprint density at radius 1 is 0.381 bits per heavy atom. The van der Waals surface area contributed by atoms with Crippen LogP contribution >= 0.6 is 52.6 Å². The molecule has 0 amide bonds. The zero-order valence-electron chi connectivity index (χ0n) is 67.1. The quantitative estimate of drug-likeness (QED) is 0.0646. The molecule has 53 nitrogen and oxygen atoms in total. The minimum absolute atomic E-state index is 0.0169. The summed E-state index contributed by atoms with van der Waals surface area (Å²) in [5.41, 5.74) is 34.7. The summed E-state index contributed by atoms with van der Waals surface area (Å²) in [4.78, 5) is 136. The van der Waals surface area contributed by atoms with Gasteiger partial charge in [-0.3, -0.25) is 70.2 Å². The summed E-state index contributed by atoms with van der Waals surface area (Å²) < 4.78 is 203. The number of rotatable bonds is 6. The third-order valence-electron chi connectivity index (χ3n) is 22.1. The normalized spacial score (nSPS) is 37.3. The molecule has 6 unspecified atom stereocenters. The first-order valence-corrected chi connectivity index (χ1v) is 54.8. The lowest BCUT2D eigenvalue weighted by atomic mass is 10.1. The van der Waals surface area contributed by atoms with Crippen molar-refractivity contribution in [1.29, 1.82) is 0 Å². The maximum Gasteiger partial charge on any atom is 0.386 e. The number of alkyl halides is 5. The molecule has 9 saturated heterocycles. The monoisotopic (exact) mass is 2110 g/mol. The molecule has 6 bridgehead atoms. The summed E-state index contributed by atoms with van der Waals surface area (Å²) in [6.45, 7) is -29.1. The molecule has 9 aliphatic rings. The van der Waals surface area contributed by atoms with Crippen LogP contribution in [-0.4, -0.2) is 266 Å². The number of hydrogen-bond acceptors (Lipinski definition) is 44. The van der Waals surface area contributed by atoms with Gasteiger partial charge >= 0.3 is 40.4 Å². The van der Waals surface area contributed by atoms with Crippen LogP contribution in [0.25, 0.3) is 66.7 Å². The molecular weight excluding hydrogens is 2040 g/mol. The molecular formula is C64H71F5N26O27P6S6. The Morgan fingerprint density at radius 2 is 0.754 bits per heavy atom. The van der Waals surface area contributed by atoms with Crippen molar-refractivity contribution in [2.75, 3.05) is 74.0 Å². The first kappa shape index (κ1) is 95.3. The van der Waals surface area contributed by atoms with Gasteiger partial charge in [0.2, 0.25) is 17.8 Å². The Hall–Kier alpha value is -7.66. The lowest BCUT2D eigenvalue weighted by Gasteiger charge is -2.27. The Morgan fingerprint density at radius 3 is 1.24 bits per heavy atom. The largest absolute Gasteiger partial charge is 0.398 e. The number of ether oxygens (including phenoxy) is 6. The average Bonchev–Trinajstić information content (AvgIpc) is 1.58. The highest BCUT2D eigenvalue weighted by Gasteiger charge is 2.58. The summed E-state index contributed by atoms with van der Waals surface area (Å²) in [7, 11) is 0. The average molecular weight is 2110 g/mol. The number of fused-ring (bicyclic) bond motifs is 15. The van der Waals surface area contributed by atoms with E-state index < -0.39 is 232 Å². The summed E-state index contributed by atoms with van der Waals surface area (Å²) in [6, 6.07) is 7.99. The van der Waals surface area contributed by atoms with Crippen molar-refractivity contribution >= 4 is 213 Å². The van der Waals surface area contributed by atoms with Crippen LogP contribution < -0.4 is 51.1 Å². The number of thiol groups is 1. The Bertz CT molecular complexity index is 6830. The maximum absolute atomic E-state index is 16.0. The van der Waals surface area contributed by atoms with Gasteiger partial charge in [-0.2, -0.15) is 19.6 Å². The van der Waals surface area contributed by atoms with E-state index in [0.29, 0.717) is 33.4 Å². The first-order valence-electron chi connectivity index (χ1n) is 39.1. The van der Waals surface area contributed by atoms with Gasteiger partial charge in [-0.25, -0.2) is 56.4 Å². The highest BCUT2D eigenvalue weighted by atomic mass is 32.7. The third kappa shape index (κ3) is 18.7. The summed E-state index contributed by atoms with van der Waals surface area (Å²) in [6.07, 6.45) is -23.9. The molecule has 9 fully saturated rings. The minimum Gasteiger partial charge on any atom is -0.398 e. The number of aromatic amines is 3. The maximum atomic E-state index is 16.0. The van der Waals surface area contributed by atoms with Crippen molar-refractivity contribution in [3.63, 3.8) is 0 Å². The fraction of sp³-hybridized carbons (Fsp3) is 0.469. The number of hydrogen-bond donors (Lipinski definition) is 15. The van der Waals surface area contributed by atoms with E-state index in [1.807, 2.05) is 0 Å². The van der Waals surface area contributed by atoms with Gasteiger partial charge in [-0.05, 0) is 89.4 Å². The molecule has 0 aliphatic carbocycles. The lowest BCUT2D eigenvalue weighted by molar-refractivity contribution is -0.0639. The van der Waals surface area contributed by atoms with Gasteiger partial charge in [0.05, 0.1) is 70.4 Å². The second-order valence-corrected chi connectivity index (χ2v) is 47.5. The zero-order chi connectivity index (χ0) is 94.6. The number of H-pyrrole nitrogens is 3. The van der Waals surface area contributed by atoms with E-state index in [0.717, 1.165) is 11.0 Å². The van der Waals surface area contributed by atoms with E-state index in [1.54, 1.807) is 30.5 Å². The number of halogens is 5. The molecule has 134 heavy (non-hydrogen) atoms. The highest BCUT2D eigenvalue weighted by molar-refractivity contribution is 8.44. The molecule has 12 aromatic rings. The second kappa shape index (κ2) is 36.5. The number of imidazole rings is 3. The molecule has 21 rings (SSSR count). The van der Waals surface area contributed by atoms with Gasteiger partial charge in [0.25, 0.3) is 16.7 Å². The molecule has 0 aromatic carbocycles. The molecule has 20 N–H and O–H groups in total. The van der Waals surface area contributed by atoms with Gasteiger partial charge in [0.15, 0.2) is 107 Å². The Labute approximate surface area is 773 Å². The van der Waals surface area contributed by atoms with Crippen LogP contribution in [0.4, 0.5) is 56.9 Å². The molecule has 12 aromatic heterocycles. The van der Waals surface area contributed by atoms with Crippen molar-refractivity contribution in [3.8, 4) is 0 Å². The van der Waals surface area contributed by atoms with E-state index >= 15 is 22.0 Å². The van der Waals surface area contributed by atoms with Crippen LogP contribution in [0.5, 0.6) is 0 Å². The molecule has 0 spiro atoms. The minimum atomic E-state index is -4.37. The molecule has 29 atom stereocenters. The van der Waals surface area contributed by atoms with E-state index in [9.17, 15) is 43.4 Å². The van der Waals surface area contributed by atoms with Gasteiger partial charge in [-0.15, -0.1) is 5.10 Å². The number of anilines is 6. The van der Waals surface area contributed by atoms with Gasteiger partial charge < -0.3 is 124 Å². The summed E-state index contributed by atoms with van der Waals surface area (Å²) in [5, 5.41) is 8.67. The number of nitrogens with one attached hydrogen (secondary N) is 3. The number of nitrogen functional groups attached to an aromatic ring is 6. The van der Waals surface area contributed by atoms with Crippen LogP contribution in [0, 0.1) is 0 Å². The fourth-order valence-corrected chi connectivity index (χ4v) is 24.8. The SMILES string of the molecule is Nc1nc2c(ncn2[C@@H]2O[C@@H]3COP(=O)(S)O[C@H]4[C@H](F)[C@H](n5ccc6c(N)ccnc65)O[C@@H]4COP(O)(=S)O[C@@H]2C3)c(=O)[nH]1.Nc1nc2c(ncn2[C@@H]2O[C@@H]3COP(O)(=S)O[C@H]4[C@H](F)[C@H](n5ccc6c(N)ccnc65)O[C@@H]4COP(O)(=S)O[C@@H]2[C@H]3F)c(=O)[nH]1.Nc1nc2c(nnn2[C@@H]2O[C@@H]3COP(O)(=S)O[C@H]4[C@H](F)[C@H](n5cnc6c(N)ccnc65)O[C@@H]4COP(O)(=S)O[C@@H]2[C@H]3F)c(=O)[nH]1. The Kier molecular flexibility index (Phi) is 26.0. The highest BCUT2D eigenvalue weighted by Crippen LogP contribution is 2.61. The van der Waals surface area contributed by atoms with Crippen molar-refractivity contribution in [2.24, 2.45) is 0 Å². The van der Waals surface area contributed by atoms with Crippen molar-refractivity contribution in [2.45, 2.75) is 148 Å². The predicted molar refractivity (Wildman–Crippen MR) is 472 cm³/mol. The topological polar surface area (TPSA) is 710 Å². The summed E-state index contributed by atoms with van der Waals surface area (Å²) >= 11 is 30.0. The smallest absolute Gasteiger partial charge is 0.386 e. The standard InChI is InChI=1S/C22H24F2N8O9P2S2.C22H25FN8O9P2S2.C20H22F2N10O9P2S2/c23-12-10-5-36-42(34,44)40-15-11(39-20(13(15)24)31-4-2-8-9(25)1-3-27-17(8)31)6-37-43(35,45)41-16(12)21(38-10)32-7-28-14-18(32)29-22(26)30-19(14)33;23-14-16-13(38-21(14)30-4-2-10-11(24)1-3-26-17(10)30)7-36-41(33,43)39-12-5-9(6-35-42(34,44)40-16)37-20(12)31-8-27-15-18(31)28-22(25)29-19(15)32;21-9-7-3-36-42(34,44)40-13-8(39-18(10(13)22)31-5-26-11-6(23)1-2-25-15(11)31)4-37-43(35,45)41-14(9)19(38-7)32-16-12(29-30-32)17(33)28-20(24)27-16/h1-4,7,10-13,15-16,20-21H,5-6H2,(H2,25,27)(H,34,44)(H,35,45)(H3,26,29,30,33);1-4,8-9,12-14,16,20-21H,5-7H2,(H2,24,26)(H,33,43)(H,34,44)(H3,25,28,29,32);1-2,5,7-10,13-14,18-19H,3-4H2,(H2,23,25)(H,34,44)(H,35,45)(H3,24,27,28,33)/t10-,11-,12+,13+,15-,16-,20-,21-,42?,43?;9-,12+,13+,14-,16+,20+,21+,41?,42?;7-,8-,9+,10+,13-,14-,18-,19-,42?,43?/m101/s1. The van der Waals surface area contributed by atoms with E-state index in [-0.39, 0.29) is 81.2 Å². The Balaban J connectivity index is 0.000000129. The van der Waals surface area contributed by atoms with E-state index in [2.05, 4.69) is 82.4 Å². The number of nitrogens with zero attached hydrogens (tertiary/aromatic N) is 17. The van der Waals surface area contributed by atoms with Crippen molar-refractivity contribution < 1.29 is 134 Å². The third-order valence-corrected chi connectivity index (χ3v) is 31.5. The summed E-state index contributed by atoms with van der Waals surface area (Å²) in [5.74, 6) is -0.703. The molecule has 0 radical (unpaired) electrons. The molecule has 70 heteroatoms. The van der Waals surface area contributed by atoms with Crippen LogP contribution in [0.15, 0.2) is 94.7 Å². The van der Waals surface area contributed by atoms with Gasteiger partial charge in [-0.1, -0.05) is 17.5 Å². The van der Waals surface area contributed by atoms with Crippen LogP contribution in [0.2, 0.25) is 0 Å². The number of nitrogens with two attached hydrogens (primary N) is 6. The zero-order valence-corrected chi connectivity index (χ0v) is 77.4. The number of pyridine rings is 3. The molecule has 21 heterocycles. The second-order valence-electron chi connectivity index (χ2n) is 30.7. The number of aromatic nitrogens is 20.